The van der Waals surface area contributed by atoms with Gasteiger partial charge < -0.3 is 0 Å². The van der Waals surface area contributed by atoms with Gasteiger partial charge in [-0.3, -0.25) is 4.31 Å². The molecule has 1 saturated heterocycles. The largest absolute Gasteiger partial charge is 0.264 e. The van der Waals surface area contributed by atoms with Crippen LogP contribution in [-0.2, 0) is 15.4 Å². The average Bonchev–Trinajstić information content (AvgIpc) is 3.54. The Labute approximate surface area is 184 Å². The number of sulfonamides is 1. The van der Waals surface area contributed by atoms with Crippen molar-refractivity contribution >= 4 is 43.4 Å². The quantitative estimate of drug-likeness (QED) is 0.604. The van der Waals surface area contributed by atoms with Crippen molar-refractivity contribution in [1.29, 1.82) is 5.26 Å². The molecule has 5 rings (SSSR count). The van der Waals surface area contributed by atoms with Crippen LogP contribution in [0, 0.1) is 17.2 Å². The molecular weight excluding hydrogens is 468 g/mol. The molecule has 1 atom stereocenters. The van der Waals surface area contributed by atoms with E-state index in [1.165, 1.54) is 11.6 Å². The Kier molecular flexibility index (Phi) is 4.73. The molecule has 0 bridgehead atoms. The highest BCUT2D eigenvalue weighted by atomic mass is 79.9. The van der Waals surface area contributed by atoms with Crippen molar-refractivity contribution in [3.05, 3.63) is 58.1 Å². The van der Waals surface area contributed by atoms with E-state index >= 15 is 0 Å². The summed E-state index contributed by atoms with van der Waals surface area (Å²) in [6.07, 6.45) is 4.18. The summed E-state index contributed by atoms with van der Waals surface area (Å²) in [6.45, 7) is 0. The van der Waals surface area contributed by atoms with Gasteiger partial charge in [0.2, 0.25) is 0 Å². The predicted octanol–water partition coefficient (Wildman–Crippen LogP) is 5.07. The summed E-state index contributed by atoms with van der Waals surface area (Å²) >= 11 is 5.58. The SMILES string of the molecule is N#Cc1cccc(S(=O)(=O)N2c3ccc(Br)cc3C3(CCSCC3)C2C2CC2)c1. The maximum atomic E-state index is 13.9. The average molecular weight is 489 g/mol. The predicted molar refractivity (Wildman–Crippen MR) is 120 cm³/mol. The first-order chi connectivity index (χ1) is 14.0. The Hall–Kier alpha value is -1.49. The van der Waals surface area contributed by atoms with Crippen LogP contribution in [0.15, 0.2) is 51.8 Å². The smallest absolute Gasteiger partial charge is 0.262 e. The van der Waals surface area contributed by atoms with Crippen LogP contribution < -0.4 is 4.31 Å². The number of nitrogens with zero attached hydrogens (tertiary/aromatic N) is 2. The van der Waals surface area contributed by atoms with Crippen LogP contribution in [0.5, 0.6) is 0 Å². The van der Waals surface area contributed by atoms with Crippen LogP contribution in [0.4, 0.5) is 5.69 Å². The highest BCUT2D eigenvalue weighted by Gasteiger charge is 2.59. The molecular formula is C22H21BrN2O2S2. The second-order valence-corrected chi connectivity index (χ2v) is 12.1. The third kappa shape index (κ3) is 3.03. The summed E-state index contributed by atoms with van der Waals surface area (Å²) in [4.78, 5) is 0.207. The van der Waals surface area contributed by atoms with Crippen molar-refractivity contribution in [2.24, 2.45) is 5.92 Å². The van der Waals surface area contributed by atoms with Gasteiger partial charge in [-0.1, -0.05) is 22.0 Å². The third-order valence-corrected chi connectivity index (χ3v) is 9.79. The van der Waals surface area contributed by atoms with E-state index in [0.717, 1.165) is 47.3 Å². The molecule has 29 heavy (non-hydrogen) atoms. The molecule has 1 aliphatic carbocycles. The van der Waals surface area contributed by atoms with E-state index in [0.29, 0.717) is 11.5 Å². The van der Waals surface area contributed by atoms with Gasteiger partial charge in [-0.15, -0.1) is 0 Å². The van der Waals surface area contributed by atoms with Gasteiger partial charge >= 0.3 is 0 Å². The molecule has 2 aromatic rings. The number of anilines is 1. The minimum absolute atomic E-state index is 0.0385. The van der Waals surface area contributed by atoms with Gasteiger partial charge in [0.05, 0.1) is 28.3 Å². The van der Waals surface area contributed by atoms with E-state index in [-0.39, 0.29) is 16.4 Å². The van der Waals surface area contributed by atoms with Crippen molar-refractivity contribution in [3.8, 4) is 6.07 Å². The summed E-state index contributed by atoms with van der Waals surface area (Å²) < 4.78 is 30.6. The van der Waals surface area contributed by atoms with Crippen LogP contribution in [0.25, 0.3) is 0 Å². The molecule has 0 amide bonds. The molecule has 150 valence electrons. The molecule has 1 spiro atoms. The lowest BCUT2D eigenvalue weighted by atomic mass is 9.70. The summed E-state index contributed by atoms with van der Waals surface area (Å²) in [5.74, 6) is 2.53. The van der Waals surface area contributed by atoms with Crippen LogP contribution in [0.3, 0.4) is 0 Å². The lowest BCUT2D eigenvalue weighted by Gasteiger charge is -2.41. The fourth-order valence-electron chi connectivity index (χ4n) is 5.11. The number of thioether (sulfide) groups is 1. The molecule has 3 aliphatic rings. The molecule has 2 aromatic carbocycles. The molecule has 0 N–H and O–H groups in total. The number of halogens is 1. The molecule has 2 heterocycles. The highest BCUT2D eigenvalue weighted by Crippen LogP contribution is 2.59. The lowest BCUT2D eigenvalue weighted by Crippen LogP contribution is -2.50. The first-order valence-electron chi connectivity index (χ1n) is 9.90. The minimum atomic E-state index is -3.77. The van der Waals surface area contributed by atoms with Gasteiger partial charge in [0, 0.05) is 9.89 Å². The van der Waals surface area contributed by atoms with Gasteiger partial charge in [-0.2, -0.15) is 17.0 Å². The maximum absolute atomic E-state index is 13.9. The molecule has 2 aliphatic heterocycles. The fourth-order valence-corrected chi connectivity index (χ4v) is 8.53. The molecule has 1 unspecified atom stereocenters. The van der Waals surface area contributed by atoms with Crippen LogP contribution in [-0.4, -0.2) is 26.0 Å². The number of rotatable bonds is 3. The first kappa shape index (κ1) is 19.5. The Balaban J connectivity index is 1.72. The minimum Gasteiger partial charge on any atom is -0.262 e. The Morgan fingerprint density at radius 3 is 2.59 bits per heavy atom. The molecule has 0 radical (unpaired) electrons. The fraction of sp³-hybridized carbons (Fsp3) is 0.409. The molecule has 7 heteroatoms. The molecule has 2 fully saturated rings. The van der Waals surface area contributed by atoms with Gasteiger partial charge in [-0.25, -0.2) is 8.42 Å². The third-order valence-electron chi connectivity index (χ3n) is 6.52. The summed E-state index contributed by atoms with van der Waals surface area (Å²) in [7, 11) is -3.77. The summed E-state index contributed by atoms with van der Waals surface area (Å²) in [5, 5.41) is 9.26. The number of hydrogen-bond donors (Lipinski definition) is 0. The van der Waals surface area contributed by atoms with E-state index in [1.807, 2.05) is 23.9 Å². The number of hydrogen-bond acceptors (Lipinski definition) is 4. The van der Waals surface area contributed by atoms with E-state index in [2.05, 4.69) is 28.1 Å². The zero-order valence-corrected chi connectivity index (χ0v) is 19.1. The number of nitriles is 1. The van der Waals surface area contributed by atoms with Gasteiger partial charge in [0.25, 0.3) is 10.0 Å². The summed E-state index contributed by atoms with van der Waals surface area (Å²) in [6, 6.07) is 14.5. The maximum Gasteiger partial charge on any atom is 0.264 e. The van der Waals surface area contributed by atoms with Gasteiger partial charge in [0.1, 0.15) is 0 Å². The second-order valence-electron chi connectivity index (χ2n) is 8.15. The van der Waals surface area contributed by atoms with Crippen molar-refractivity contribution < 1.29 is 8.42 Å². The standard InChI is InChI=1S/C22H21BrN2O2S2/c23-17-6-7-20-19(13-17)22(8-10-28-11-9-22)21(16-4-5-16)25(20)29(26,27)18-3-1-2-15(12-18)14-24/h1-3,6-7,12-13,16,21H,4-5,8-11H2. The Bertz CT molecular complexity index is 1120. The van der Waals surface area contributed by atoms with Crippen molar-refractivity contribution in [1.82, 2.24) is 0 Å². The van der Waals surface area contributed by atoms with Crippen LogP contribution in [0.2, 0.25) is 0 Å². The van der Waals surface area contributed by atoms with Crippen LogP contribution in [0.1, 0.15) is 36.8 Å². The lowest BCUT2D eigenvalue weighted by molar-refractivity contribution is 0.315. The highest BCUT2D eigenvalue weighted by molar-refractivity contribution is 9.10. The van der Waals surface area contributed by atoms with Crippen LogP contribution >= 0.6 is 27.7 Å². The van der Waals surface area contributed by atoms with E-state index in [4.69, 9.17) is 0 Å². The van der Waals surface area contributed by atoms with Crippen molar-refractivity contribution in [2.45, 2.75) is 42.0 Å². The van der Waals surface area contributed by atoms with E-state index in [9.17, 15) is 13.7 Å². The van der Waals surface area contributed by atoms with Crippen molar-refractivity contribution in [2.75, 3.05) is 15.8 Å². The van der Waals surface area contributed by atoms with E-state index < -0.39 is 10.0 Å². The van der Waals surface area contributed by atoms with Gasteiger partial charge in [-0.05, 0) is 85.1 Å². The topological polar surface area (TPSA) is 61.2 Å². The molecule has 1 saturated carbocycles. The second kappa shape index (κ2) is 7.04. The molecule has 4 nitrogen and oxygen atoms in total. The zero-order valence-electron chi connectivity index (χ0n) is 15.8. The number of benzene rings is 2. The Morgan fingerprint density at radius 1 is 1.14 bits per heavy atom. The Morgan fingerprint density at radius 2 is 1.90 bits per heavy atom. The monoisotopic (exact) mass is 488 g/mol. The normalized spacial score (nSPS) is 23.0. The number of fused-ring (bicyclic) bond motifs is 2. The molecule has 0 aromatic heterocycles. The van der Waals surface area contributed by atoms with Gasteiger partial charge in [0.15, 0.2) is 0 Å². The van der Waals surface area contributed by atoms with E-state index in [1.54, 1.807) is 22.5 Å². The van der Waals surface area contributed by atoms with Crippen molar-refractivity contribution in [3.63, 3.8) is 0 Å². The zero-order chi connectivity index (χ0) is 20.2. The summed E-state index contributed by atoms with van der Waals surface area (Å²) in [5.41, 5.74) is 2.24. The first-order valence-corrected chi connectivity index (χ1v) is 13.3.